The van der Waals surface area contributed by atoms with Crippen LogP contribution in [0.2, 0.25) is 10.6 Å². The summed E-state index contributed by atoms with van der Waals surface area (Å²) in [5, 5.41) is 6.56. The van der Waals surface area contributed by atoms with Crippen molar-refractivity contribution in [2.45, 2.75) is 23.4 Å². The molecule has 1 rings (SSSR count). The number of hydrogen-bond acceptors (Lipinski definition) is 1. The lowest BCUT2D eigenvalue weighted by Crippen LogP contribution is -2.19. The van der Waals surface area contributed by atoms with Gasteiger partial charge in [0.05, 0.1) is 0 Å². The second-order valence-corrected chi connectivity index (χ2v) is 4.64. The van der Waals surface area contributed by atoms with Crippen LogP contribution in [-0.2, 0) is 0 Å². The van der Waals surface area contributed by atoms with Gasteiger partial charge in [0, 0.05) is 0 Å². The summed E-state index contributed by atoms with van der Waals surface area (Å²) in [6, 6.07) is 0. The van der Waals surface area contributed by atoms with Crippen molar-refractivity contribution in [1.82, 2.24) is 5.32 Å². The van der Waals surface area contributed by atoms with Gasteiger partial charge in [-0.15, -0.1) is 0 Å². The molecule has 1 N–H and O–H groups in total. The highest BCUT2D eigenvalue weighted by molar-refractivity contribution is 6.35. The van der Waals surface area contributed by atoms with Gasteiger partial charge < -0.3 is 5.32 Å². The molecule has 0 aliphatic carbocycles. The fourth-order valence-electron chi connectivity index (χ4n) is 1.16. The highest BCUT2D eigenvalue weighted by atomic mass is 27.1. The summed E-state index contributed by atoms with van der Waals surface area (Å²) in [6.45, 7) is 2.57. The zero-order chi connectivity index (χ0) is 5.66. The third kappa shape index (κ3) is 2.72. The summed E-state index contributed by atoms with van der Waals surface area (Å²) in [5.41, 5.74) is 0. The molecule has 1 saturated heterocycles. The molecule has 0 saturated carbocycles. The van der Waals surface area contributed by atoms with Gasteiger partial charge in [0.15, 0.2) is 0 Å². The largest absolute Gasteiger partial charge is 0.317 e. The van der Waals surface area contributed by atoms with E-state index in [1.54, 1.807) is 10.6 Å². The van der Waals surface area contributed by atoms with E-state index in [0.717, 1.165) is 0 Å². The predicted molar refractivity (Wildman–Crippen MR) is 38.9 cm³/mol. The Morgan fingerprint density at radius 2 is 1.62 bits per heavy atom. The van der Waals surface area contributed by atoms with Crippen molar-refractivity contribution in [3.05, 3.63) is 0 Å². The summed E-state index contributed by atoms with van der Waals surface area (Å²) in [6.07, 6.45) is 2.90. The third-order valence-corrected chi connectivity index (χ3v) is 3.71. The van der Waals surface area contributed by atoms with Crippen LogP contribution >= 0.6 is 0 Å². The summed E-state index contributed by atoms with van der Waals surface area (Å²) >= 11 is 0.412. The van der Waals surface area contributed by atoms with E-state index < -0.39 is 0 Å². The molecule has 0 aromatic carbocycles. The number of rotatable bonds is 0. The van der Waals surface area contributed by atoms with Crippen molar-refractivity contribution < 1.29 is 0 Å². The van der Waals surface area contributed by atoms with E-state index >= 15 is 0 Å². The fourth-order valence-corrected chi connectivity index (χ4v) is 2.72. The van der Waals surface area contributed by atoms with Crippen LogP contribution in [0, 0.1) is 0 Å². The first-order chi connectivity index (χ1) is 4.00. The van der Waals surface area contributed by atoms with Crippen molar-refractivity contribution >= 4 is 15.2 Å². The van der Waals surface area contributed by atoms with Crippen molar-refractivity contribution in [3.8, 4) is 0 Å². The molecule has 46 valence electrons. The lowest BCUT2D eigenvalue weighted by molar-refractivity contribution is 0.647. The lowest BCUT2D eigenvalue weighted by atomic mass is 10.4. The topological polar surface area (TPSA) is 12.0 Å². The average molecular weight is 127 g/mol. The number of hydrogen-bond donors (Lipinski definition) is 1. The van der Waals surface area contributed by atoms with Gasteiger partial charge in [-0.3, -0.25) is 0 Å². The van der Waals surface area contributed by atoms with Crippen LogP contribution in [0.5, 0.6) is 0 Å². The molecular formula is C6H14AlN. The third-order valence-electron chi connectivity index (χ3n) is 1.71. The Morgan fingerprint density at radius 3 is 2.25 bits per heavy atom. The molecule has 0 radical (unpaired) electrons. The standard InChI is InChI=1S/C6H13N.Al.H/c1-3-5-7-6-4-2;;/h7H,1-6H2;;. The molecule has 8 heavy (non-hydrogen) atoms. The van der Waals surface area contributed by atoms with E-state index in [0.29, 0.717) is 15.2 Å². The van der Waals surface area contributed by atoms with Crippen molar-refractivity contribution in [2.75, 3.05) is 13.1 Å². The van der Waals surface area contributed by atoms with Gasteiger partial charge in [0.25, 0.3) is 0 Å². The van der Waals surface area contributed by atoms with E-state index in [-0.39, 0.29) is 0 Å². The van der Waals surface area contributed by atoms with E-state index in [1.807, 2.05) is 0 Å². The van der Waals surface area contributed by atoms with Gasteiger partial charge in [0.2, 0.25) is 15.2 Å². The second kappa shape index (κ2) is 4.38. The van der Waals surface area contributed by atoms with Gasteiger partial charge in [-0.1, -0.05) is 23.4 Å². The second-order valence-electron chi connectivity index (χ2n) is 2.52. The fraction of sp³-hybridized carbons (Fsp3) is 1.00. The van der Waals surface area contributed by atoms with E-state index in [9.17, 15) is 0 Å². The molecule has 1 fully saturated rings. The van der Waals surface area contributed by atoms with Crippen LogP contribution in [0.1, 0.15) is 12.8 Å². The Balaban J connectivity index is 2.00. The summed E-state index contributed by atoms with van der Waals surface area (Å²) in [5.74, 6) is 0. The Hall–Kier alpha value is 0.492. The molecule has 2 heteroatoms. The van der Waals surface area contributed by atoms with Crippen LogP contribution in [0.15, 0.2) is 0 Å². The molecule has 0 bridgehead atoms. The molecular weight excluding hydrogens is 113 g/mol. The molecule has 0 aromatic heterocycles. The molecule has 0 unspecified atom stereocenters. The summed E-state index contributed by atoms with van der Waals surface area (Å²) in [7, 11) is 0. The highest BCUT2D eigenvalue weighted by Gasteiger charge is 1.97. The van der Waals surface area contributed by atoms with Crippen molar-refractivity contribution in [2.24, 2.45) is 0 Å². The van der Waals surface area contributed by atoms with Crippen LogP contribution in [-0.4, -0.2) is 28.3 Å². The lowest BCUT2D eigenvalue weighted by Gasteiger charge is -2.06. The Morgan fingerprint density at radius 1 is 1.00 bits per heavy atom. The Kier molecular flexibility index (Phi) is 3.62. The summed E-state index contributed by atoms with van der Waals surface area (Å²) in [4.78, 5) is 0. The molecule has 1 heterocycles. The van der Waals surface area contributed by atoms with Crippen LogP contribution in [0.4, 0.5) is 0 Å². The highest BCUT2D eigenvalue weighted by Crippen LogP contribution is 1.97. The van der Waals surface area contributed by atoms with Crippen LogP contribution in [0.3, 0.4) is 0 Å². The van der Waals surface area contributed by atoms with Crippen LogP contribution < -0.4 is 5.32 Å². The van der Waals surface area contributed by atoms with Gasteiger partial charge in [-0.25, -0.2) is 0 Å². The monoisotopic (exact) mass is 127 g/mol. The zero-order valence-corrected chi connectivity index (χ0v) is 6.86. The molecule has 1 aliphatic heterocycles. The molecule has 1 aliphatic rings. The Bertz CT molecular complexity index is 32.5. The molecule has 0 atom stereocenters. The van der Waals surface area contributed by atoms with Gasteiger partial charge in [-0.05, 0) is 13.1 Å². The maximum absolute atomic E-state index is 3.41. The predicted octanol–water partition coefficient (Wildman–Crippen LogP) is 0.643. The quantitative estimate of drug-likeness (QED) is 0.471. The average Bonchev–Trinajstić information content (AvgIpc) is 1.62. The molecule has 0 amide bonds. The van der Waals surface area contributed by atoms with E-state index in [2.05, 4.69) is 5.32 Å². The molecule has 1 nitrogen and oxygen atoms in total. The first kappa shape index (κ1) is 6.61. The maximum atomic E-state index is 3.41. The van der Waals surface area contributed by atoms with Gasteiger partial charge >= 0.3 is 0 Å². The first-order valence-corrected chi connectivity index (χ1v) is 5.71. The molecule has 0 aromatic rings. The normalized spacial score (nSPS) is 23.0. The van der Waals surface area contributed by atoms with Gasteiger partial charge in [0.1, 0.15) is 0 Å². The minimum Gasteiger partial charge on any atom is -0.317 e. The smallest absolute Gasteiger partial charge is 0.237 e. The summed E-state index contributed by atoms with van der Waals surface area (Å²) < 4.78 is 0. The Labute approximate surface area is 57.6 Å². The molecule has 0 spiro atoms. The number of nitrogens with one attached hydrogen (secondary N) is 1. The van der Waals surface area contributed by atoms with Crippen molar-refractivity contribution in [3.63, 3.8) is 0 Å². The van der Waals surface area contributed by atoms with Crippen LogP contribution in [0.25, 0.3) is 0 Å². The van der Waals surface area contributed by atoms with E-state index in [4.69, 9.17) is 0 Å². The minimum atomic E-state index is 0.412. The van der Waals surface area contributed by atoms with Crippen molar-refractivity contribution in [1.29, 1.82) is 0 Å². The maximum Gasteiger partial charge on any atom is 0.237 e. The van der Waals surface area contributed by atoms with E-state index in [1.165, 1.54) is 25.9 Å². The zero-order valence-electron chi connectivity index (χ0n) is 5.45. The first-order valence-electron chi connectivity index (χ1n) is 3.71. The SMILES string of the molecule is C1CNCC[CH2][AlH][CH2]1. The minimum absolute atomic E-state index is 0.412. The van der Waals surface area contributed by atoms with Gasteiger partial charge in [-0.2, -0.15) is 0 Å².